The van der Waals surface area contributed by atoms with Gasteiger partial charge in [-0.2, -0.15) is 0 Å². The summed E-state index contributed by atoms with van der Waals surface area (Å²) in [5.41, 5.74) is 4.32. The Morgan fingerprint density at radius 3 is 2.35 bits per heavy atom. The van der Waals surface area contributed by atoms with Gasteiger partial charge < -0.3 is 9.30 Å². The molecule has 1 fully saturated rings. The summed E-state index contributed by atoms with van der Waals surface area (Å²) in [4.78, 5) is 22.4. The Balaban J connectivity index is 1.23. The van der Waals surface area contributed by atoms with Crippen molar-refractivity contribution in [3.63, 3.8) is 0 Å². The minimum Gasteiger partial charge on any atom is -0.340 e. The minimum absolute atomic E-state index is 0.0297. The number of imidazole rings is 1. The molecule has 2 aromatic heterocycles. The van der Waals surface area contributed by atoms with Crippen molar-refractivity contribution in [2.75, 3.05) is 32.7 Å². The van der Waals surface area contributed by atoms with Crippen LogP contribution in [-0.4, -0.2) is 57.8 Å². The van der Waals surface area contributed by atoms with E-state index in [0.29, 0.717) is 6.42 Å². The molecule has 1 saturated heterocycles. The van der Waals surface area contributed by atoms with Crippen molar-refractivity contribution in [2.45, 2.75) is 12.3 Å². The molecular formula is C29H30N4O. The number of piperazine rings is 1. The van der Waals surface area contributed by atoms with Crippen LogP contribution < -0.4 is 0 Å². The lowest BCUT2D eigenvalue weighted by Crippen LogP contribution is -2.48. The maximum atomic E-state index is 13.4. The fourth-order valence-corrected chi connectivity index (χ4v) is 4.67. The average Bonchev–Trinajstić information content (AvgIpc) is 3.33. The number of nitrogens with zero attached hydrogens (tertiary/aromatic N) is 4. The lowest BCUT2D eigenvalue weighted by molar-refractivity contribution is -0.133. The summed E-state index contributed by atoms with van der Waals surface area (Å²) in [6, 6.07) is 26.7. The van der Waals surface area contributed by atoms with Crippen LogP contribution in [0, 0.1) is 0 Å². The van der Waals surface area contributed by atoms with E-state index in [2.05, 4.69) is 62.8 Å². The largest absolute Gasteiger partial charge is 0.340 e. The van der Waals surface area contributed by atoms with Crippen LogP contribution in [0.15, 0.2) is 97.3 Å². The second-order valence-electron chi connectivity index (χ2n) is 8.77. The number of rotatable bonds is 7. The van der Waals surface area contributed by atoms with Crippen LogP contribution in [0.2, 0.25) is 0 Å². The van der Waals surface area contributed by atoms with Gasteiger partial charge in [0.05, 0.1) is 5.69 Å². The Morgan fingerprint density at radius 2 is 1.59 bits per heavy atom. The van der Waals surface area contributed by atoms with Crippen LogP contribution in [-0.2, 0) is 4.79 Å². The van der Waals surface area contributed by atoms with E-state index in [1.165, 1.54) is 5.56 Å². The second kappa shape index (κ2) is 10.5. The topological polar surface area (TPSA) is 40.9 Å². The minimum atomic E-state index is -0.0297. The third-order valence-corrected chi connectivity index (χ3v) is 6.58. The maximum Gasteiger partial charge on any atom is 0.223 e. The van der Waals surface area contributed by atoms with E-state index in [4.69, 9.17) is 0 Å². The summed E-state index contributed by atoms with van der Waals surface area (Å²) < 4.78 is 2.10. The van der Waals surface area contributed by atoms with Gasteiger partial charge in [0, 0.05) is 57.5 Å². The van der Waals surface area contributed by atoms with Gasteiger partial charge in [-0.25, -0.2) is 4.98 Å². The number of hydrogen-bond acceptors (Lipinski definition) is 3. The zero-order valence-corrected chi connectivity index (χ0v) is 19.3. The first-order valence-corrected chi connectivity index (χ1v) is 12.0. The van der Waals surface area contributed by atoms with Crippen molar-refractivity contribution in [1.29, 1.82) is 0 Å². The van der Waals surface area contributed by atoms with Crippen LogP contribution >= 0.6 is 0 Å². The first-order chi connectivity index (χ1) is 16.8. The van der Waals surface area contributed by atoms with E-state index >= 15 is 0 Å². The van der Waals surface area contributed by atoms with Crippen molar-refractivity contribution in [1.82, 2.24) is 19.2 Å². The Kier molecular flexibility index (Phi) is 6.82. The first kappa shape index (κ1) is 22.1. The van der Waals surface area contributed by atoms with Gasteiger partial charge >= 0.3 is 0 Å². The molecule has 1 aliphatic rings. The van der Waals surface area contributed by atoms with E-state index in [9.17, 15) is 4.79 Å². The summed E-state index contributed by atoms with van der Waals surface area (Å²) in [7, 11) is 0. The molecule has 172 valence electrons. The van der Waals surface area contributed by atoms with Crippen LogP contribution in [0.25, 0.3) is 11.7 Å². The van der Waals surface area contributed by atoms with Crippen molar-refractivity contribution in [2.24, 2.45) is 0 Å². The SMILES string of the molecule is O=C(CC(c1ccccc1)c1cnc2ccccn12)N1CCN(C/C=C/c2ccccc2)CC1. The molecule has 1 aliphatic heterocycles. The molecule has 0 saturated carbocycles. The number of pyridine rings is 1. The zero-order valence-electron chi connectivity index (χ0n) is 19.3. The van der Waals surface area contributed by atoms with E-state index in [-0.39, 0.29) is 11.8 Å². The quantitative estimate of drug-likeness (QED) is 0.409. The van der Waals surface area contributed by atoms with Gasteiger partial charge in [0.1, 0.15) is 5.65 Å². The highest BCUT2D eigenvalue weighted by Crippen LogP contribution is 2.29. The molecule has 0 bridgehead atoms. The van der Waals surface area contributed by atoms with Gasteiger partial charge in [0.25, 0.3) is 0 Å². The molecule has 4 aromatic rings. The normalized spacial score (nSPS) is 15.7. The fourth-order valence-electron chi connectivity index (χ4n) is 4.67. The van der Waals surface area contributed by atoms with Crippen LogP contribution in [0.4, 0.5) is 0 Å². The number of amides is 1. The monoisotopic (exact) mass is 450 g/mol. The molecule has 0 spiro atoms. The molecule has 0 aliphatic carbocycles. The summed E-state index contributed by atoms with van der Waals surface area (Å²) in [5.74, 6) is 0.178. The lowest BCUT2D eigenvalue weighted by Gasteiger charge is -2.35. The van der Waals surface area contributed by atoms with E-state index < -0.39 is 0 Å². The number of fused-ring (bicyclic) bond motifs is 1. The molecule has 5 heteroatoms. The van der Waals surface area contributed by atoms with Crippen molar-refractivity contribution in [3.8, 4) is 0 Å². The molecule has 1 unspecified atom stereocenters. The van der Waals surface area contributed by atoms with Gasteiger partial charge in [0.15, 0.2) is 0 Å². The molecule has 0 radical (unpaired) electrons. The summed E-state index contributed by atoms with van der Waals surface area (Å²) in [6.07, 6.45) is 8.76. The predicted molar refractivity (Wildman–Crippen MR) is 137 cm³/mol. The highest BCUT2D eigenvalue weighted by atomic mass is 16.2. The van der Waals surface area contributed by atoms with E-state index in [0.717, 1.165) is 49.6 Å². The highest BCUT2D eigenvalue weighted by Gasteiger charge is 2.26. The molecular weight excluding hydrogens is 420 g/mol. The average molecular weight is 451 g/mol. The highest BCUT2D eigenvalue weighted by molar-refractivity contribution is 5.78. The van der Waals surface area contributed by atoms with E-state index in [1.54, 1.807) is 0 Å². The summed E-state index contributed by atoms with van der Waals surface area (Å²) in [5, 5.41) is 0. The number of carbonyl (C=O) groups excluding carboxylic acids is 1. The zero-order chi connectivity index (χ0) is 23.2. The Bertz CT molecular complexity index is 1240. The second-order valence-corrected chi connectivity index (χ2v) is 8.77. The van der Waals surface area contributed by atoms with Gasteiger partial charge in [-0.3, -0.25) is 9.69 Å². The number of carbonyl (C=O) groups is 1. The maximum absolute atomic E-state index is 13.4. The van der Waals surface area contributed by atoms with E-state index in [1.807, 2.05) is 59.8 Å². The van der Waals surface area contributed by atoms with Crippen LogP contribution in [0.5, 0.6) is 0 Å². The molecule has 0 N–H and O–H groups in total. The molecule has 2 aromatic carbocycles. The molecule has 5 rings (SSSR count). The number of benzene rings is 2. The van der Waals surface area contributed by atoms with Crippen LogP contribution in [0.1, 0.15) is 29.2 Å². The smallest absolute Gasteiger partial charge is 0.223 e. The predicted octanol–water partition coefficient (Wildman–Crippen LogP) is 4.71. The molecule has 34 heavy (non-hydrogen) atoms. The number of aromatic nitrogens is 2. The summed E-state index contributed by atoms with van der Waals surface area (Å²) in [6.45, 7) is 4.25. The van der Waals surface area contributed by atoms with Gasteiger partial charge in [-0.1, -0.05) is 78.9 Å². The van der Waals surface area contributed by atoms with Gasteiger partial charge in [-0.15, -0.1) is 0 Å². The Hall–Kier alpha value is -3.70. The summed E-state index contributed by atoms with van der Waals surface area (Å²) >= 11 is 0. The number of hydrogen-bond donors (Lipinski definition) is 0. The van der Waals surface area contributed by atoms with Gasteiger partial charge in [-0.05, 0) is 23.3 Å². The molecule has 5 nitrogen and oxygen atoms in total. The standard InChI is InChI=1S/C29H30N4O/c34-29(32-20-18-31(19-21-32)16-9-12-24-10-3-1-4-11-24)22-26(25-13-5-2-6-14-25)27-23-30-28-15-7-8-17-33(27)28/h1-15,17,23,26H,16,18-22H2/b12-9+. The van der Waals surface area contributed by atoms with Crippen molar-refractivity contribution < 1.29 is 4.79 Å². The third-order valence-electron chi connectivity index (χ3n) is 6.58. The van der Waals surface area contributed by atoms with Crippen LogP contribution in [0.3, 0.4) is 0 Å². The molecule has 1 amide bonds. The van der Waals surface area contributed by atoms with Gasteiger partial charge in [0.2, 0.25) is 5.91 Å². The third kappa shape index (κ3) is 5.10. The first-order valence-electron chi connectivity index (χ1n) is 12.0. The van der Waals surface area contributed by atoms with Crippen molar-refractivity contribution in [3.05, 3.63) is 114 Å². The lowest BCUT2D eigenvalue weighted by atomic mass is 9.92. The Morgan fingerprint density at radius 1 is 0.882 bits per heavy atom. The Labute approximate surface area is 201 Å². The fraction of sp³-hybridized carbons (Fsp3) is 0.241. The van der Waals surface area contributed by atoms with Crippen molar-refractivity contribution >= 4 is 17.6 Å². The molecule has 3 heterocycles. The molecule has 1 atom stereocenters.